The minimum atomic E-state index is -0.127. The topological polar surface area (TPSA) is 68.6 Å². The number of anilines is 1. The van der Waals surface area contributed by atoms with Crippen molar-refractivity contribution in [1.82, 2.24) is 14.7 Å². The molecule has 2 amide bonds. The molecule has 0 radical (unpaired) electrons. The second kappa shape index (κ2) is 7.46. The Bertz CT molecular complexity index is 740. The first-order chi connectivity index (χ1) is 12.1. The summed E-state index contributed by atoms with van der Waals surface area (Å²) in [5.41, 5.74) is 1.64. The van der Waals surface area contributed by atoms with Gasteiger partial charge in [-0.15, -0.1) is 0 Å². The molecule has 2 aromatic rings. The molecule has 1 aromatic carbocycles. The lowest BCUT2D eigenvalue weighted by molar-refractivity contribution is 0.205. The van der Waals surface area contributed by atoms with Gasteiger partial charge in [0.25, 0.3) is 0 Å². The molecule has 1 aliphatic carbocycles. The molecule has 25 heavy (non-hydrogen) atoms. The fraction of sp³-hybridized carbons (Fsp3) is 0.444. The van der Waals surface area contributed by atoms with Crippen LogP contribution < -0.4 is 14.8 Å². The Morgan fingerprint density at radius 3 is 2.76 bits per heavy atom. The third kappa shape index (κ3) is 4.43. The summed E-state index contributed by atoms with van der Waals surface area (Å²) in [5.74, 6) is 2.03. The molecule has 0 bridgehead atoms. The Morgan fingerprint density at radius 1 is 1.36 bits per heavy atom. The van der Waals surface area contributed by atoms with Crippen LogP contribution in [0.2, 0.25) is 0 Å². The zero-order valence-electron chi connectivity index (χ0n) is 14.9. The molecule has 1 aromatic heterocycles. The number of rotatable bonds is 7. The Kier molecular flexibility index (Phi) is 5.11. The summed E-state index contributed by atoms with van der Waals surface area (Å²) in [6.07, 6.45) is 5.77. The van der Waals surface area contributed by atoms with Crippen LogP contribution in [0.3, 0.4) is 0 Å². The number of aryl methyl sites for hydroxylation is 1. The Balaban J connectivity index is 1.75. The number of hydrogen-bond donors (Lipinski definition) is 1. The lowest BCUT2D eigenvalue weighted by Gasteiger charge is -2.24. The third-order valence-electron chi connectivity index (χ3n) is 4.27. The van der Waals surface area contributed by atoms with E-state index in [1.165, 1.54) is 12.8 Å². The van der Waals surface area contributed by atoms with Crippen LogP contribution in [0, 0.1) is 5.92 Å². The molecule has 1 fully saturated rings. The fourth-order valence-electron chi connectivity index (χ4n) is 2.71. The molecule has 1 heterocycles. The maximum Gasteiger partial charge on any atom is 0.322 e. The van der Waals surface area contributed by atoms with Gasteiger partial charge < -0.3 is 19.7 Å². The Hall–Kier alpha value is -2.70. The van der Waals surface area contributed by atoms with Gasteiger partial charge >= 0.3 is 6.03 Å². The number of methoxy groups -OCH3 is 2. The van der Waals surface area contributed by atoms with Crippen LogP contribution in [-0.4, -0.2) is 41.5 Å². The van der Waals surface area contributed by atoms with E-state index in [1.54, 1.807) is 31.3 Å². The van der Waals surface area contributed by atoms with Gasteiger partial charge in [-0.25, -0.2) is 4.79 Å². The molecular weight excluding hydrogens is 320 g/mol. The summed E-state index contributed by atoms with van der Waals surface area (Å²) in [5, 5.41) is 7.00. The van der Waals surface area contributed by atoms with E-state index in [0.717, 1.165) is 17.9 Å². The van der Waals surface area contributed by atoms with E-state index in [2.05, 4.69) is 10.4 Å². The number of ether oxygens (including phenoxy) is 2. The second-order valence-corrected chi connectivity index (χ2v) is 6.33. The van der Waals surface area contributed by atoms with Gasteiger partial charge in [-0.1, -0.05) is 0 Å². The molecule has 7 heteroatoms. The van der Waals surface area contributed by atoms with Gasteiger partial charge in [0.1, 0.15) is 11.5 Å². The molecule has 1 saturated carbocycles. The van der Waals surface area contributed by atoms with Gasteiger partial charge in [-0.2, -0.15) is 5.10 Å². The van der Waals surface area contributed by atoms with Crippen LogP contribution in [0.1, 0.15) is 18.4 Å². The van der Waals surface area contributed by atoms with Crippen LogP contribution >= 0.6 is 0 Å². The number of urea groups is 1. The van der Waals surface area contributed by atoms with Crippen LogP contribution in [0.15, 0.2) is 30.6 Å². The largest absolute Gasteiger partial charge is 0.497 e. The van der Waals surface area contributed by atoms with Gasteiger partial charge in [0, 0.05) is 31.4 Å². The highest BCUT2D eigenvalue weighted by Crippen LogP contribution is 2.32. The average molecular weight is 344 g/mol. The molecule has 3 rings (SSSR count). The van der Waals surface area contributed by atoms with Gasteiger partial charge in [0.05, 0.1) is 32.6 Å². The number of nitrogens with one attached hydrogen (secondary N) is 1. The van der Waals surface area contributed by atoms with Crippen LogP contribution in [0.4, 0.5) is 10.5 Å². The Morgan fingerprint density at radius 2 is 2.16 bits per heavy atom. The number of carbonyl (C=O) groups is 1. The van der Waals surface area contributed by atoms with Gasteiger partial charge in [0.15, 0.2) is 0 Å². The zero-order chi connectivity index (χ0) is 17.8. The van der Waals surface area contributed by atoms with E-state index >= 15 is 0 Å². The summed E-state index contributed by atoms with van der Waals surface area (Å²) in [6.45, 7) is 1.22. The third-order valence-corrected chi connectivity index (χ3v) is 4.27. The van der Waals surface area contributed by atoms with Gasteiger partial charge in [0.2, 0.25) is 0 Å². The van der Waals surface area contributed by atoms with Crippen molar-refractivity contribution in [3.05, 3.63) is 36.2 Å². The lowest BCUT2D eigenvalue weighted by atomic mass is 10.1. The number of benzene rings is 1. The number of amides is 2. The summed E-state index contributed by atoms with van der Waals surface area (Å²) in [7, 11) is 5.06. The first-order valence-electron chi connectivity index (χ1n) is 8.34. The van der Waals surface area contributed by atoms with Crippen molar-refractivity contribution in [1.29, 1.82) is 0 Å². The smallest absolute Gasteiger partial charge is 0.322 e. The van der Waals surface area contributed by atoms with E-state index in [0.29, 0.717) is 23.9 Å². The predicted molar refractivity (Wildman–Crippen MR) is 94.9 cm³/mol. The van der Waals surface area contributed by atoms with Crippen LogP contribution in [-0.2, 0) is 13.6 Å². The van der Waals surface area contributed by atoms with Crippen LogP contribution in [0.25, 0.3) is 0 Å². The number of carbonyl (C=O) groups excluding carboxylic acids is 1. The summed E-state index contributed by atoms with van der Waals surface area (Å²) in [4.78, 5) is 14.6. The summed E-state index contributed by atoms with van der Waals surface area (Å²) >= 11 is 0. The predicted octanol–water partition coefficient (Wildman–Crippen LogP) is 2.88. The molecular formula is C18H24N4O3. The van der Waals surface area contributed by atoms with Crippen molar-refractivity contribution in [2.75, 3.05) is 26.1 Å². The minimum Gasteiger partial charge on any atom is -0.497 e. The zero-order valence-corrected chi connectivity index (χ0v) is 14.9. The van der Waals surface area contributed by atoms with Crippen molar-refractivity contribution >= 4 is 11.7 Å². The quantitative estimate of drug-likeness (QED) is 0.838. The first-order valence-corrected chi connectivity index (χ1v) is 8.34. The van der Waals surface area contributed by atoms with Gasteiger partial charge in [-0.3, -0.25) is 4.68 Å². The molecule has 0 aliphatic heterocycles. The monoisotopic (exact) mass is 344 g/mol. The van der Waals surface area contributed by atoms with Crippen molar-refractivity contribution in [2.45, 2.75) is 19.4 Å². The highest BCUT2D eigenvalue weighted by Gasteiger charge is 2.27. The highest BCUT2D eigenvalue weighted by atomic mass is 16.5. The molecule has 0 saturated heterocycles. The normalized spacial score (nSPS) is 13.4. The maximum atomic E-state index is 12.7. The van der Waals surface area contributed by atoms with E-state index in [1.807, 2.05) is 30.1 Å². The molecule has 7 nitrogen and oxygen atoms in total. The molecule has 0 atom stereocenters. The van der Waals surface area contributed by atoms with E-state index in [4.69, 9.17) is 9.47 Å². The van der Waals surface area contributed by atoms with E-state index in [-0.39, 0.29) is 6.03 Å². The fourth-order valence-corrected chi connectivity index (χ4v) is 2.71. The number of nitrogens with zero attached hydrogens (tertiary/aromatic N) is 3. The van der Waals surface area contributed by atoms with Crippen LogP contribution in [0.5, 0.6) is 11.5 Å². The summed E-state index contributed by atoms with van der Waals surface area (Å²) < 4.78 is 12.4. The first kappa shape index (κ1) is 17.1. The van der Waals surface area contributed by atoms with E-state index in [9.17, 15) is 4.79 Å². The number of hydrogen-bond acceptors (Lipinski definition) is 4. The molecule has 134 valence electrons. The highest BCUT2D eigenvalue weighted by molar-refractivity contribution is 5.89. The molecule has 1 N–H and O–H groups in total. The van der Waals surface area contributed by atoms with Crippen molar-refractivity contribution in [3.63, 3.8) is 0 Å². The SMILES string of the molecule is COc1ccc(CN(CC2CC2)C(=O)Nc2cnn(C)c2)c(OC)c1. The minimum absolute atomic E-state index is 0.127. The van der Waals surface area contributed by atoms with Crippen molar-refractivity contribution < 1.29 is 14.3 Å². The molecule has 1 aliphatic rings. The lowest BCUT2D eigenvalue weighted by Crippen LogP contribution is -2.36. The molecule has 0 spiro atoms. The number of aromatic nitrogens is 2. The van der Waals surface area contributed by atoms with E-state index < -0.39 is 0 Å². The molecule has 0 unspecified atom stereocenters. The van der Waals surface area contributed by atoms with Crippen molar-refractivity contribution in [3.8, 4) is 11.5 Å². The maximum absolute atomic E-state index is 12.7. The second-order valence-electron chi connectivity index (χ2n) is 6.33. The summed E-state index contributed by atoms with van der Waals surface area (Å²) in [6, 6.07) is 5.53. The average Bonchev–Trinajstić information content (AvgIpc) is 3.34. The van der Waals surface area contributed by atoms with Gasteiger partial charge in [-0.05, 0) is 30.9 Å². The standard InChI is InChI=1S/C18H24N4O3/c1-21-12-15(9-19-21)20-18(23)22(10-13-4-5-13)11-14-6-7-16(24-2)8-17(14)25-3/h6-9,12-13H,4-5,10-11H2,1-3H3,(H,20,23). The Labute approximate surface area is 147 Å². The van der Waals surface area contributed by atoms with Crippen molar-refractivity contribution in [2.24, 2.45) is 13.0 Å².